The van der Waals surface area contributed by atoms with Crippen molar-refractivity contribution >= 4 is 62.2 Å². The molecule has 7 nitrogen and oxygen atoms in total. The normalized spacial score (nSPS) is 16.4. The van der Waals surface area contributed by atoms with Crippen molar-refractivity contribution in [1.82, 2.24) is 15.0 Å². The van der Waals surface area contributed by atoms with Gasteiger partial charge in [0.1, 0.15) is 16.0 Å². The summed E-state index contributed by atoms with van der Waals surface area (Å²) < 4.78 is 65.7. The Hall–Kier alpha value is -1.09. The molecule has 0 saturated heterocycles. The minimum Gasteiger partial charge on any atom is -0.389 e. The lowest BCUT2D eigenvalue weighted by atomic mass is 10.0. The summed E-state index contributed by atoms with van der Waals surface area (Å²) in [6.45, 7) is 3.77. The smallest absolute Gasteiger partial charge is 0.389 e. The second-order valence-electron chi connectivity index (χ2n) is 9.65. The predicted molar refractivity (Wildman–Crippen MR) is 145 cm³/mol. The Balaban J connectivity index is 2.00. The number of alkyl halides is 3. The SMILES string of the molecule is C[C@H](NS(=O)(=O)c1ccc(-c2sc(C(=O)NCC(C)(C)O)nc2SC2CCCCC2)c(Cl)c1Cl)C(F)(F)F. The van der Waals surface area contributed by atoms with Crippen LogP contribution in [0, 0.1) is 0 Å². The standard InChI is InChI=1S/C23H28Cl2F3N3O4S3/c1-12(23(26,27)28)31-38(34,35)15-10-9-14(16(24)17(15)25)18-20(36-13-7-5-4-6-8-13)30-21(37-18)19(32)29-11-22(2,3)33/h9-10,12-13,31,33H,4-8,11H2,1-3H3,(H,29,32)/t12-/m0/s1. The number of aliphatic hydroxyl groups is 1. The number of thioether (sulfide) groups is 1. The molecule has 1 aromatic carbocycles. The van der Waals surface area contributed by atoms with Crippen LogP contribution in [0.25, 0.3) is 10.4 Å². The van der Waals surface area contributed by atoms with E-state index in [1.54, 1.807) is 18.6 Å². The zero-order valence-corrected chi connectivity index (χ0v) is 24.7. The van der Waals surface area contributed by atoms with Gasteiger partial charge in [-0.2, -0.15) is 17.9 Å². The third-order valence-electron chi connectivity index (χ3n) is 5.71. The van der Waals surface area contributed by atoms with E-state index in [0.29, 0.717) is 22.4 Å². The first-order valence-corrected chi connectivity index (χ1v) is 15.7. The third kappa shape index (κ3) is 7.98. The first kappa shape index (κ1) is 31.4. The maximum Gasteiger partial charge on any atom is 0.404 e. The molecule has 1 saturated carbocycles. The quantitative estimate of drug-likeness (QED) is 0.300. The Morgan fingerprint density at radius 1 is 1.21 bits per heavy atom. The molecule has 2 aromatic rings. The van der Waals surface area contributed by atoms with Gasteiger partial charge in [0.15, 0.2) is 5.01 Å². The largest absolute Gasteiger partial charge is 0.404 e. The number of aromatic nitrogens is 1. The number of amides is 1. The summed E-state index contributed by atoms with van der Waals surface area (Å²) in [7, 11) is -4.65. The number of carbonyl (C=O) groups is 1. The Labute approximate surface area is 237 Å². The van der Waals surface area contributed by atoms with Crippen LogP contribution in [-0.2, 0) is 10.0 Å². The van der Waals surface area contributed by atoms with Gasteiger partial charge in [-0.15, -0.1) is 23.1 Å². The fraction of sp³-hybridized carbons (Fsp3) is 0.565. The highest BCUT2D eigenvalue weighted by molar-refractivity contribution is 8.00. The van der Waals surface area contributed by atoms with Crippen molar-refractivity contribution in [2.45, 2.75) is 85.9 Å². The maximum absolute atomic E-state index is 12.9. The predicted octanol–water partition coefficient (Wildman–Crippen LogP) is 6.27. The number of nitrogens with zero attached hydrogens (tertiary/aromatic N) is 1. The maximum atomic E-state index is 12.9. The van der Waals surface area contributed by atoms with Crippen molar-refractivity contribution in [2.24, 2.45) is 0 Å². The zero-order valence-electron chi connectivity index (χ0n) is 20.8. The topological polar surface area (TPSA) is 108 Å². The summed E-state index contributed by atoms with van der Waals surface area (Å²) in [6.07, 6.45) is 0.424. The molecule has 3 N–H and O–H groups in total. The second kappa shape index (κ2) is 12.2. The lowest BCUT2D eigenvalue weighted by molar-refractivity contribution is -0.147. The molecule has 3 rings (SSSR count). The van der Waals surface area contributed by atoms with E-state index in [1.807, 2.05) is 0 Å². The van der Waals surface area contributed by atoms with E-state index in [4.69, 9.17) is 23.2 Å². The van der Waals surface area contributed by atoms with Crippen LogP contribution in [0.1, 0.15) is 62.7 Å². The van der Waals surface area contributed by atoms with Crippen LogP contribution in [-0.4, -0.2) is 54.0 Å². The van der Waals surface area contributed by atoms with Crippen LogP contribution in [0.2, 0.25) is 10.0 Å². The van der Waals surface area contributed by atoms with Gasteiger partial charge in [-0.3, -0.25) is 4.79 Å². The first-order chi connectivity index (χ1) is 17.5. The van der Waals surface area contributed by atoms with Gasteiger partial charge in [-0.25, -0.2) is 13.4 Å². The molecular formula is C23H28Cl2F3N3O4S3. The second-order valence-corrected chi connectivity index (χ2v) is 14.4. The number of rotatable bonds is 9. The van der Waals surface area contributed by atoms with Gasteiger partial charge in [0.25, 0.3) is 5.91 Å². The molecule has 38 heavy (non-hydrogen) atoms. The summed E-state index contributed by atoms with van der Waals surface area (Å²) in [5.74, 6) is -0.499. The van der Waals surface area contributed by atoms with E-state index >= 15 is 0 Å². The summed E-state index contributed by atoms with van der Waals surface area (Å²) in [6, 6.07) is 0.0856. The summed E-state index contributed by atoms with van der Waals surface area (Å²) >= 11 is 15.3. The van der Waals surface area contributed by atoms with Gasteiger partial charge in [0.2, 0.25) is 10.0 Å². The van der Waals surface area contributed by atoms with Crippen LogP contribution in [0.5, 0.6) is 0 Å². The van der Waals surface area contributed by atoms with E-state index in [2.05, 4.69) is 10.3 Å². The fourth-order valence-electron chi connectivity index (χ4n) is 3.64. The van der Waals surface area contributed by atoms with Crippen LogP contribution in [0.4, 0.5) is 13.2 Å². The molecular weight excluding hydrogens is 606 g/mol. The minimum absolute atomic E-state index is 0.00562. The summed E-state index contributed by atoms with van der Waals surface area (Å²) in [4.78, 5) is 17.2. The number of sulfonamides is 1. The first-order valence-electron chi connectivity index (χ1n) is 11.7. The van der Waals surface area contributed by atoms with Crippen molar-refractivity contribution in [3.05, 3.63) is 27.2 Å². The highest BCUT2D eigenvalue weighted by Crippen LogP contribution is 2.46. The molecule has 1 aliphatic rings. The molecule has 15 heteroatoms. The third-order valence-corrected chi connectivity index (χ3v) is 10.8. The number of carbonyl (C=O) groups excluding carboxylic acids is 1. The minimum atomic E-state index is -4.79. The van der Waals surface area contributed by atoms with Crippen LogP contribution >= 0.6 is 46.3 Å². The molecule has 0 bridgehead atoms. The van der Waals surface area contributed by atoms with Crippen LogP contribution < -0.4 is 10.0 Å². The number of halogens is 5. The van der Waals surface area contributed by atoms with Gasteiger partial charge in [0.05, 0.1) is 20.5 Å². The Bertz CT molecular complexity index is 1280. The number of hydrogen-bond donors (Lipinski definition) is 3. The van der Waals surface area contributed by atoms with Crippen molar-refractivity contribution in [3.8, 4) is 10.4 Å². The highest BCUT2D eigenvalue weighted by atomic mass is 35.5. The van der Waals surface area contributed by atoms with Crippen molar-refractivity contribution in [1.29, 1.82) is 0 Å². The van der Waals surface area contributed by atoms with Gasteiger partial charge in [0, 0.05) is 17.4 Å². The number of hydrogen-bond acceptors (Lipinski definition) is 7. The molecule has 1 fully saturated rings. The average molecular weight is 635 g/mol. The van der Waals surface area contributed by atoms with Gasteiger partial charge in [-0.1, -0.05) is 48.5 Å². The van der Waals surface area contributed by atoms with Gasteiger partial charge < -0.3 is 10.4 Å². The van der Waals surface area contributed by atoms with Crippen LogP contribution in [0.3, 0.4) is 0 Å². The molecule has 212 valence electrons. The van der Waals surface area contributed by atoms with Crippen molar-refractivity contribution < 1.29 is 31.5 Å². The Kier molecular flexibility index (Phi) is 10.1. The highest BCUT2D eigenvalue weighted by Gasteiger charge is 2.39. The van der Waals surface area contributed by atoms with Crippen molar-refractivity contribution in [3.63, 3.8) is 0 Å². The van der Waals surface area contributed by atoms with E-state index in [1.165, 1.54) is 17.8 Å². The van der Waals surface area contributed by atoms with E-state index in [0.717, 1.165) is 49.5 Å². The Morgan fingerprint density at radius 2 is 1.84 bits per heavy atom. The lowest BCUT2D eigenvalue weighted by Crippen LogP contribution is -2.43. The molecule has 0 unspecified atom stereocenters. The number of benzene rings is 1. The Morgan fingerprint density at radius 3 is 2.42 bits per heavy atom. The molecule has 1 aliphatic carbocycles. The van der Waals surface area contributed by atoms with Crippen LogP contribution in [0.15, 0.2) is 22.1 Å². The van der Waals surface area contributed by atoms with E-state index in [-0.39, 0.29) is 21.8 Å². The van der Waals surface area contributed by atoms with Gasteiger partial charge >= 0.3 is 6.18 Å². The molecule has 0 spiro atoms. The number of thiazole rings is 1. The summed E-state index contributed by atoms with van der Waals surface area (Å²) in [5, 5.41) is 12.8. The zero-order chi connectivity index (χ0) is 28.5. The monoisotopic (exact) mass is 633 g/mol. The van der Waals surface area contributed by atoms with E-state index < -0.39 is 43.7 Å². The van der Waals surface area contributed by atoms with Crippen molar-refractivity contribution in [2.75, 3.05) is 6.54 Å². The molecule has 1 amide bonds. The molecule has 1 heterocycles. The molecule has 0 radical (unpaired) electrons. The van der Waals surface area contributed by atoms with E-state index in [9.17, 15) is 31.5 Å². The van der Waals surface area contributed by atoms with Gasteiger partial charge in [-0.05, 0) is 39.7 Å². The summed E-state index contributed by atoms with van der Waals surface area (Å²) in [5.41, 5.74) is -0.831. The molecule has 0 aliphatic heterocycles. The molecule has 1 atom stereocenters. The number of nitrogens with one attached hydrogen (secondary N) is 2. The lowest BCUT2D eigenvalue weighted by Gasteiger charge is -2.20. The average Bonchev–Trinajstić information content (AvgIpc) is 3.21. The fourth-order valence-corrected chi connectivity index (χ4v) is 8.28. The molecule has 1 aromatic heterocycles.